The summed E-state index contributed by atoms with van der Waals surface area (Å²) < 4.78 is 66.4. The predicted octanol–water partition coefficient (Wildman–Crippen LogP) is 6.53. The van der Waals surface area contributed by atoms with Crippen molar-refractivity contribution < 1.29 is 36.2 Å². The Kier molecular flexibility index (Phi) is 9.34. The van der Waals surface area contributed by atoms with Crippen molar-refractivity contribution in [1.82, 2.24) is 0 Å². The Morgan fingerprint density at radius 2 is 1.80 bits per heavy atom. The maximum Gasteiger partial charge on any atom is 0.387 e. The molecule has 0 spiro atoms. The molecule has 0 saturated heterocycles. The van der Waals surface area contributed by atoms with E-state index in [9.17, 15) is 22.0 Å². The van der Waals surface area contributed by atoms with Gasteiger partial charge >= 0.3 is 12.6 Å². The molecular formula is C31H35F2NO6S. The number of fused-ring (bicyclic) bond motifs is 3. The Bertz CT molecular complexity index is 1510. The van der Waals surface area contributed by atoms with Crippen molar-refractivity contribution in [1.29, 1.82) is 0 Å². The van der Waals surface area contributed by atoms with Crippen LogP contribution >= 0.6 is 0 Å². The molecule has 0 aromatic heterocycles. The standard InChI is InChI=1S/C31H35F2NO6S/c1-4-38-29(35)31(2,3)16-6-5-9-20-10-7-11-22(17-20)28-24-18-21(19-41(34,36)37)14-15-23(24)27-25(39-28)12-8-13-26(27)40-30(32)33/h7-8,10-15,17-18,28,30H,4-6,9,16,19H2,1-3H3,(H2,34,36,37). The van der Waals surface area contributed by atoms with Crippen LogP contribution in [0.25, 0.3) is 11.1 Å². The van der Waals surface area contributed by atoms with Gasteiger partial charge in [-0.25, -0.2) is 13.6 Å². The Morgan fingerprint density at radius 1 is 1.05 bits per heavy atom. The van der Waals surface area contributed by atoms with E-state index in [-0.39, 0.29) is 17.5 Å². The molecule has 0 bridgehead atoms. The van der Waals surface area contributed by atoms with Gasteiger partial charge in [-0.2, -0.15) is 8.78 Å². The van der Waals surface area contributed by atoms with Crippen LogP contribution in [0.2, 0.25) is 0 Å². The lowest BCUT2D eigenvalue weighted by molar-refractivity contribution is -0.153. The number of nitrogens with two attached hydrogens (primary N) is 1. The summed E-state index contributed by atoms with van der Waals surface area (Å²) in [7, 11) is -3.80. The fraction of sp³-hybridized carbons (Fsp3) is 0.387. The van der Waals surface area contributed by atoms with Gasteiger partial charge in [0.25, 0.3) is 0 Å². The fourth-order valence-electron chi connectivity index (χ4n) is 5.12. The number of ether oxygens (including phenoxy) is 3. The van der Waals surface area contributed by atoms with Gasteiger partial charge in [0.2, 0.25) is 10.0 Å². The maximum absolute atomic E-state index is 13.2. The Balaban J connectivity index is 1.62. The number of halogens is 2. The second-order valence-corrected chi connectivity index (χ2v) is 12.4. The second-order valence-electron chi connectivity index (χ2n) is 10.8. The average Bonchev–Trinajstić information content (AvgIpc) is 2.90. The Morgan fingerprint density at radius 3 is 2.51 bits per heavy atom. The average molecular weight is 588 g/mol. The highest BCUT2D eigenvalue weighted by Crippen LogP contribution is 2.49. The van der Waals surface area contributed by atoms with E-state index in [0.29, 0.717) is 41.0 Å². The molecule has 2 N–H and O–H groups in total. The van der Waals surface area contributed by atoms with Crippen LogP contribution in [0.5, 0.6) is 11.5 Å². The number of alkyl halides is 2. The zero-order chi connectivity index (χ0) is 29.8. The number of hydrogen-bond donors (Lipinski definition) is 1. The normalized spacial score (nSPS) is 14.7. The van der Waals surface area contributed by atoms with E-state index >= 15 is 0 Å². The predicted molar refractivity (Wildman–Crippen MR) is 152 cm³/mol. The van der Waals surface area contributed by atoms with Crippen molar-refractivity contribution in [2.75, 3.05) is 6.61 Å². The van der Waals surface area contributed by atoms with Gasteiger partial charge in [-0.3, -0.25) is 4.79 Å². The smallest absolute Gasteiger partial charge is 0.387 e. The molecule has 0 radical (unpaired) electrons. The van der Waals surface area contributed by atoms with Gasteiger partial charge in [-0.1, -0.05) is 55.0 Å². The van der Waals surface area contributed by atoms with Crippen molar-refractivity contribution in [3.8, 4) is 22.6 Å². The highest BCUT2D eigenvalue weighted by molar-refractivity contribution is 7.88. The first kappa shape index (κ1) is 30.5. The lowest BCUT2D eigenvalue weighted by Gasteiger charge is -2.31. The van der Waals surface area contributed by atoms with Gasteiger partial charge < -0.3 is 14.2 Å². The van der Waals surface area contributed by atoms with Crippen LogP contribution < -0.4 is 14.6 Å². The van der Waals surface area contributed by atoms with Crippen LogP contribution in [-0.4, -0.2) is 27.6 Å². The lowest BCUT2D eigenvalue weighted by Crippen LogP contribution is -2.26. The number of rotatable bonds is 12. The minimum Gasteiger partial charge on any atom is -0.480 e. The summed E-state index contributed by atoms with van der Waals surface area (Å²) in [5.74, 6) is -0.223. The summed E-state index contributed by atoms with van der Waals surface area (Å²) in [5, 5.41) is 5.29. The van der Waals surface area contributed by atoms with Crippen molar-refractivity contribution in [2.24, 2.45) is 10.6 Å². The summed E-state index contributed by atoms with van der Waals surface area (Å²) in [6, 6.07) is 17.6. The van der Waals surface area contributed by atoms with Gasteiger partial charge in [0, 0.05) is 5.56 Å². The van der Waals surface area contributed by atoms with E-state index in [1.165, 1.54) is 6.07 Å². The van der Waals surface area contributed by atoms with E-state index in [4.69, 9.17) is 19.3 Å². The molecule has 1 unspecified atom stereocenters. The van der Waals surface area contributed by atoms with Crippen molar-refractivity contribution in [3.63, 3.8) is 0 Å². The second kappa shape index (κ2) is 12.6. The van der Waals surface area contributed by atoms with Crippen LogP contribution in [0.3, 0.4) is 0 Å². The number of carbonyl (C=O) groups excluding carboxylic acids is 1. The largest absolute Gasteiger partial charge is 0.480 e. The molecule has 0 aliphatic carbocycles. The monoisotopic (exact) mass is 587 g/mol. The van der Waals surface area contributed by atoms with E-state index in [1.54, 1.807) is 37.3 Å². The van der Waals surface area contributed by atoms with E-state index in [2.05, 4.69) is 0 Å². The Labute approximate surface area is 239 Å². The van der Waals surface area contributed by atoms with E-state index in [1.807, 2.05) is 38.1 Å². The molecule has 1 aliphatic heterocycles. The van der Waals surface area contributed by atoms with Gasteiger partial charge in [-0.05, 0) is 74.4 Å². The van der Waals surface area contributed by atoms with E-state index < -0.39 is 28.2 Å². The third-order valence-corrected chi connectivity index (χ3v) is 7.82. The first-order valence-electron chi connectivity index (χ1n) is 13.5. The Hall–Kier alpha value is -3.50. The molecule has 0 saturated carbocycles. The molecule has 41 heavy (non-hydrogen) atoms. The van der Waals surface area contributed by atoms with Crippen LogP contribution in [0.4, 0.5) is 8.78 Å². The highest BCUT2D eigenvalue weighted by Gasteiger charge is 2.31. The summed E-state index contributed by atoms with van der Waals surface area (Å²) in [6.07, 6.45) is 2.57. The minimum atomic E-state index is -3.80. The summed E-state index contributed by atoms with van der Waals surface area (Å²) in [5.41, 5.74) is 3.41. The number of sulfonamides is 1. The summed E-state index contributed by atoms with van der Waals surface area (Å²) in [6.45, 7) is 2.91. The number of hydrogen-bond acceptors (Lipinski definition) is 6. The van der Waals surface area contributed by atoms with Crippen LogP contribution in [0, 0.1) is 5.41 Å². The van der Waals surface area contributed by atoms with Gasteiger partial charge in [0.1, 0.15) is 17.6 Å². The molecule has 7 nitrogen and oxygen atoms in total. The topological polar surface area (TPSA) is 105 Å². The molecule has 1 heterocycles. The van der Waals surface area contributed by atoms with Crippen molar-refractivity contribution >= 4 is 16.0 Å². The number of esters is 1. The molecule has 0 amide bonds. The molecule has 220 valence electrons. The molecule has 3 aromatic carbocycles. The number of primary sulfonamides is 1. The zero-order valence-electron chi connectivity index (χ0n) is 23.4. The molecule has 3 aromatic rings. The molecular weight excluding hydrogens is 552 g/mol. The molecule has 0 fully saturated rings. The zero-order valence-corrected chi connectivity index (χ0v) is 24.2. The van der Waals surface area contributed by atoms with Crippen molar-refractivity contribution in [3.05, 3.63) is 82.9 Å². The van der Waals surface area contributed by atoms with Crippen LogP contribution in [0.15, 0.2) is 60.7 Å². The number of unbranched alkanes of at least 4 members (excludes halogenated alkanes) is 1. The molecule has 4 rings (SSSR count). The van der Waals surface area contributed by atoms with Crippen LogP contribution in [0.1, 0.15) is 68.4 Å². The third kappa shape index (κ3) is 7.62. The quantitative estimate of drug-likeness (QED) is 0.191. The lowest BCUT2D eigenvalue weighted by atomic mass is 9.86. The summed E-state index contributed by atoms with van der Waals surface area (Å²) in [4.78, 5) is 12.2. The molecule has 1 atom stereocenters. The minimum absolute atomic E-state index is 0.0316. The van der Waals surface area contributed by atoms with Gasteiger partial charge in [-0.15, -0.1) is 0 Å². The fourth-order valence-corrected chi connectivity index (χ4v) is 5.77. The van der Waals surface area contributed by atoms with Gasteiger partial charge in [0.05, 0.1) is 23.3 Å². The number of carbonyl (C=O) groups is 1. The molecule has 10 heteroatoms. The highest BCUT2D eigenvalue weighted by atomic mass is 32.2. The first-order valence-corrected chi connectivity index (χ1v) is 15.2. The van der Waals surface area contributed by atoms with Crippen LogP contribution in [-0.2, 0) is 31.7 Å². The maximum atomic E-state index is 13.2. The SMILES string of the molecule is CCOC(=O)C(C)(C)CCCCc1cccc(C2Oc3cccc(OC(F)F)c3-c3ccc(CS(N)(=O)=O)cc32)c1. The summed E-state index contributed by atoms with van der Waals surface area (Å²) >= 11 is 0. The van der Waals surface area contributed by atoms with Gasteiger partial charge in [0.15, 0.2) is 0 Å². The van der Waals surface area contributed by atoms with E-state index in [0.717, 1.165) is 30.4 Å². The third-order valence-electron chi connectivity index (χ3n) is 7.08. The first-order chi connectivity index (χ1) is 19.4. The number of benzene rings is 3. The van der Waals surface area contributed by atoms with Crippen molar-refractivity contribution in [2.45, 2.75) is 64.9 Å². The molecule has 1 aliphatic rings. The number of aryl methyl sites for hydroxylation is 1.